The van der Waals surface area contributed by atoms with Crippen LogP contribution in [0.1, 0.15) is 19.5 Å². The van der Waals surface area contributed by atoms with Gasteiger partial charge in [-0.05, 0) is 25.6 Å². The summed E-state index contributed by atoms with van der Waals surface area (Å²) in [6.07, 6.45) is 1.52. The first kappa shape index (κ1) is 11.1. The van der Waals surface area contributed by atoms with Gasteiger partial charge >= 0.3 is 0 Å². The van der Waals surface area contributed by atoms with E-state index >= 15 is 0 Å². The van der Waals surface area contributed by atoms with E-state index in [4.69, 9.17) is 0 Å². The molecule has 0 bridgehead atoms. The predicted octanol–water partition coefficient (Wildman–Crippen LogP) is 1.28. The molecule has 3 nitrogen and oxygen atoms in total. The van der Waals surface area contributed by atoms with Crippen LogP contribution < -0.4 is 0 Å². The van der Waals surface area contributed by atoms with Crippen LogP contribution in [0.15, 0.2) is 24.4 Å². The maximum atomic E-state index is 9.27. The first-order valence-corrected chi connectivity index (χ1v) is 5.02. The van der Waals surface area contributed by atoms with Crippen molar-refractivity contribution in [1.82, 2.24) is 9.88 Å². The summed E-state index contributed by atoms with van der Waals surface area (Å²) in [5.74, 6) is 0. The van der Waals surface area contributed by atoms with Crippen molar-refractivity contribution in [3.05, 3.63) is 30.1 Å². The average Bonchev–Trinajstić information content (AvgIpc) is 2.17. The molecule has 1 heterocycles. The number of aliphatic hydroxyl groups excluding tert-OH is 1. The second-order valence-electron chi connectivity index (χ2n) is 3.50. The van der Waals surface area contributed by atoms with Gasteiger partial charge in [-0.1, -0.05) is 13.0 Å². The number of nitrogens with zero attached hydrogens (tertiary/aromatic N) is 2. The van der Waals surface area contributed by atoms with Gasteiger partial charge in [0.15, 0.2) is 0 Å². The molecule has 1 aromatic rings. The Morgan fingerprint density at radius 3 is 2.79 bits per heavy atom. The van der Waals surface area contributed by atoms with Gasteiger partial charge in [0, 0.05) is 19.3 Å². The van der Waals surface area contributed by atoms with Crippen LogP contribution >= 0.6 is 0 Å². The van der Waals surface area contributed by atoms with Crippen molar-refractivity contribution in [3.8, 4) is 0 Å². The highest BCUT2D eigenvalue weighted by atomic mass is 16.3. The van der Waals surface area contributed by atoms with E-state index < -0.39 is 0 Å². The van der Waals surface area contributed by atoms with Gasteiger partial charge in [0.2, 0.25) is 0 Å². The fourth-order valence-corrected chi connectivity index (χ4v) is 1.40. The lowest BCUT2D eigenvalue weighted by Crippen LogP contribution is -2.30. The molecule has 0 saturated heterocycles. The molecule has 3 heteroatoms. The zero-order valence-corrected chi connectivity index (χ0v) is 8.85. The second-order valence-corrected chi connectivity index (χ2v) is 3.50. The van der Waals surface area contributed by atoms with Gasteiger partial charge in [-0.2, -0.15) is 0 Å². The molecule has 1 N–H and O–H groups in total. The standard InChI is InChI=1S/C11H18N2O/c1-3-13(8-10(2)14)9-11-6-4-5-7-12-11/h4-7,10,14H,3,8-9H2,1-2H3/t10-/m1/s1. The van der Waals surface area contributed by atoms with Crippen molar-refractivity contribution >= 4 is 0 Å². The van der Waals surface area contributed by atoms with Crippen LogP contribution in [0.2, 0.25) is 0 Å². The highest BCUT2D eigenvalue weighted by molar-refractivity contribution is 5.03. The minimum Gasteiger partial charge on any atom is -0.392 e. The molecule has 0 aliphatic rings. The zero-order valence-electron chi connectivity index (χ0n) is 8.85. The van der Waals surface area contributed by atoms with Gasteiger partial charge < -0.3 is 5.11 Å². The monoisotopic (exact) mass is 194 g/mol. The molecule has 1 rings (SSSR count). The largest absolute Gasteiger partial charge is 0.392 e. The zero-order chi connectivity index (χ0) is 10.4. The van der Waals surface area contributed by atoms with Crippen molar-refractivity contribution in [2.75, 3.05) is 13.1 Å². The smallest absolute Gasteiger partial charge is 0.0639 e. The van der Waals surface area contributed by atoms with Gasteiger partial charge in [0.25, 0.3) is 0 Å². The fourth-order valence-electron chi connectivity index (χ4n) is 1.40. The third kappa shape index (κ3) is 3.85. The number of hydrogen-bond acceptors (Lipinski definition) is 3. The molecule has 1 aromatic heterocycles. The van der Waals surface area contributed by atoms with Crippen LogP contribution in [-0.2, 0) is 6.54 Å². The number of hydrogen-bond donors (Lipinski definition) is 1. The van der Waals surface area contributed by atoms with Crippen LogP contribution in [0.5, 0.6) is 0 Å². The topological polar surface area (TPSA) is 36.4 Å². The molecule has 0 aromatic carbocycles. The van der Waals surface area contributed by atoms with Crippen LogP contribution in [-0.4, -0.2) is 34.2 Å². The summed E-state index contributed by atoms with van der Waals surface area (Å²) in [4.78, 5) is 6.42. The summed E-state index contributed by atoms with van der Waals surface area (Å²) in [7, 11) is 0. The van der Waals surface area contributed by atoms with Crippen molar-refractivity contribution in [3.63, 3.8) is 0 Å². The summed E-state index contributed by atoms with van der Waals surface area (Å²) < 4.78 is 0. The lowest BCUT2D eigenvalue weighted by molar-refractivity contribution is 0.125. The van der Waals surface area contributed by atoms with Gasteiger partial charge in [0.05, 0.1) is 11.8 Å². The van der Waals surface area contributed by atoms with Gasteiger partial charge in [-0.15, -0.1) is 0 Å². The molecule has 0 aliphatic carbocycles. The summed E-state index contributed by atoms with van der Waals surface area (Å²) in [5, 5.41) is 9.27. The lowest BCUT2D eigenvalue weighted by atomic mass is 10.3. The van der Waals surface area contributed by atoms with Crippen LogP contribution in [0, 0.1) is 0 Å². The van der Waals surface area contributed by atoms with Crippen molar-refractivity contribution in [2.24, 2.45) is 0 Å². The molecule has 78 valence electrons. The van der Waals surface area contributed by atoms with E-state index in [0.717, 1.165) is 18.8 Å². The molecular weight excluding hydrogens is 176 g/mol. The molecule has 0 saturated carbocycles. The minimum absolute atomic E-state index is 0.279. The van der Waals surface area contributed by atoms with E-state index in [0.29, 0.717) is 6.54 Å². The van der Waals surface area contributed by atoms with Gasteiger partial charge in [-0.3, -0.25) is 9.88 Å². The Kier molecular flexibility index (Phi) is 4.56. The predicted molar refractivity (Wildman–Crippen MR) is 56.9 cm³/mol. The van der Waals surface area contributed by atoms with E-state index in [1.165, 1.54) is 0 Å². The molecule has 0 amide bonds. The summed E-state index contributed by atoms with van der Waals surface area (Å²) >= 11 is 0. The SMILES string of the molecule is CCN(Cc1ccccn1)C[C@@H](C)O. The number of rotatable bonds is 5. The molecule has 0 aliphatic heterocycles. The Hall–Kier alpha value is -0.930. The summed E-state index contributed by atoms with van der Waals surface area (Å²) in [6, 6.07) is 5.90. The molecule has 14 heavy (non-hydrogen) atoms. The number of aliphatic hydroxyl groups is 1. The first-order valence-electron chi connectivity index (χ1n) is 5.02. The summed E-state index contributed by atoms with van der Waals surface area (Å²) in [6.45, 7) is 6.34. The Morgan fingerprint density at radius 2 is 2.29 bits per heavy atom. The lowest BCUT2D eigenvalue weighted by Gasteiger charge is -2.21. The summed E-state index contributed by atoms with van der Waals surface area (Å²) in [5.41, 5.74) is 1.05. The Morgan fingerprint density at radius 1 is 1.50 bits per heavy atom. The van der Waals surface area contributed by atoms with Crippen LogP contribution in [0.4, 0.5) is 0 Å². The molecule has 0 radical (unpaired) electrons. The van der Waals surface area contributed by atoms with Crippen LogP contribution in [0.25, 0.3) is 0 Å². The number of aromatic nitrogens is 1. The third-order valence-corrected chi connectivity index (χ3v) is 2.08. The van der Waals surface area contributed by atoms with Crippen molar-refractivity contribution in [2.45, 2.75) is 26.5 Å². The van der Waals surface area contributed by atoms with E-state index in [9.17, 15) is 5.11 Å². The highest BCUT2D eigenvalue weighted by Crippen LogP contribution is 2.01. The molecular formula is C11H18N2O. The van der Waals surface area contributed by atoms with E-state index in [-0.39, 0.29) is 6.10 Å². The van der Waals surface area contributed by atoms with Crippen LogP contribution in [0.3, 0.4) is 0 Å². The Bertz CT molecular complexity index is 249. The van der Waals surface area contributed by atoms with Crippen molar-refractivity contribution in [1.29, 1.82) is 0 Å². The normalized spacial score (nSPS) is 13.1. The third-order valence-electron chi connectivity index (χ3n) is 2.08. The minimum atomic E-state index is -0.279. The second kappa shape index (κ2) is 5.73. The molecule has 0 spiro atoms. The van der Waals surface area contributed by atoms with E-state index in [1.807, 2.05) is 18.2 Å². The van der Waals surface area contributed by atoms with E-state index in [1.54, 1.807) is 13.1 Å². The number of likely N-dealkylation sites (N-methyl/N-ethyl adjacent to an activating group) is 1. The average molecular weight is 194 g/mol. The first-order chi connectivity index (χ1) is 6.72. The molecule has 0 fully saturated rings. The van der Waals surface area contributed by atoms with E-state index in [2.05, 4.69) is 16.8 Å². The molecule has 1 atom stereocenters. The maximum absolute atomic E-state index is 9.27. The molecule has 0 unspecified atom stereocenters. The number of pyridine rings is 1. The highest BCUT2D eigenvalue weighted by Gasteiger charge is 2.06. The fraction of sp³-hybridized carbons (Fsp3) is 0.545. The Balaban J connectivity index is 2.48. The van der Waals surface area contributed by atoms with Gasteiger partial charge in [0.1, 0.15) is 0 Å². The van der Waals surface area contributed by atoms with Gasteiger partial charge in [-0.25, -0.2) is 0 Å². The quantitative estimate of drug-likeness (QED) is 0.767. The maximum Gasteiger partial charge on any atom is 0.0639 e. The van der Waals surface area contributed by atoms with Crippen molar-refractivity contribution < 1.29 is 5.11 Å². The Labute approximate surface area is 85.4 Å².